The Morgan fingerprint density at radius 3 is 2.29 bits per heavy atom. The van der Waals surface area contributed by atoms with E-state index in [9.17, 15) is 9.18 Å². The largest absolute Gasteiger partial charge is 0.338 e. The van der Waals surface area contributed by atoms with Crippen LogP contribution in [0.25, 0.3) is 0 Å². The number of hydrogen-bond acceptors (Lipinski definition) is 3. The van der Waals surface area contributed by atoms with Gasteiger partial charge in [0, 0.05) is 25.2 Å². The summed E-state index contributed by atoms with van der Waals surface area (Å²) in [6.45, 7) is 9.09. The van der Waals surface area contributed by atoms with E-state index in [1.807, 2.05) is 59.0 Å². The zero-order chi connectivity index (χ0) is 23.9. The van der Waals surface area contributed by atoms with Crippen LogP contribution < -0.4 is 0 Å². The number of carbonyl (C=O) groups excluding carboxylic acids is 1. The lowest BCUT2D eigenvalue weighted by Gasteiger charge is -2.33. The predicted molar refractivity (Wildman–Crippen MR) is 139 cm³/mol. The highest BCUT2D eigenvalue weighted by atomic mass is 32.1. The molecule has 0 aliphatic carbocycles. The van der Waals surface area contributed by atoms with E-state index in [2.05, 4.69) is 17.9 Å². The molecule has 0 bridgehead atoms. The van der Waals surface area contributed by atoms with E-state index >= 15 is 0 Å². The Bertz CT molecular complexity index is 1030. The van der Waals surface area contributed by atoms with E-state index < -0.39 is 0 Å². The van der Waals surface area contributed by atoms with Crippen molar-refractivity contribution in [2.24, 2.45) is 5.92 Å². The van der Waals surface area contributed by atoms with E-state index in [1.54, 1.807) is 23.5 Å². The van der Waals surface area contributed by atoms with Gasteiger partial charge in [0.05, 0.1) is 0 Å². The number of amides is 1. The van der Waals surface area contributed by atoms with Crippen LogP contribution in [0.4, 0.5) is 4.39 Å². The first-order chi connectivity index (χ1) is 16.5. The number of likely N-dealkylation sites (tertiary alicyclic amines) is 2. The van der Waals surface area contributed by atoms with E-state index in [0.29, 0.717) is 11.8 Å². The Labute approximate surface area is 207 Å². The van der Waals surface area contributed by atoms with Gasteiger partial charge in [-0.3, -0.25) is 4.79 Å². The molecular formula is C29H35FN2OS. The molecule has 0 saturated carbocycles. The molecule has 1 aromatic heterocycles. The molecule has 3 heterocycles. The van der Waals surface area contributed by atoms with E-state index in [4.69, 9.17) is 0 Å². The Balaban J connectivity index is 0.000000486. The molecule has 34 heavy (non-hydrogen) atoms. The van der Waals surface area contributed by atoms with Crippen molar-refractivity contribution in [3.05, 3.63) is 93.4 Å². The molecular weight excluding hydrogens is 443 g/mol. The average Bonchev–Trinajstić information content (AvgIpc) is 3.57. The van der Waals surface area contributed by atoms with Crippen LogP contribution in [0, 0.1) is 25.6 Å². The topological polar surface area (TPSA) is 23.6 Å². The molecule has 2 saturated heterocycles. The van der Waals surface area contributed by atoms with Gasteiger partial charge in [-0.25, -0.2) is 4.39 Å². The quantitative estimate of drug-likeness (QED) is 0.425. The molecule has 2 aliphatic rings. The highest BCUT2D eigenvalue weighted by Crippen LogP contribution is 2.29. The van der Waals surface area contributed by atoms with Crippen molar-refractivity contribution in [1.29, 1.82) is 0 Å². The fourth-order valence-corrected chi connectivity index (χ4v) is 5.55. The number of hydrogen-bond donors (Lipinski definition) is 0. The highest BCUT2D eigenvalue weighted by Gasteiger charge is 2.30. The number of thiophene rings is 1. The summed E-state index contributed by atoms with van der Waals surface area (Å²) >= 11 is 1.71. The summed E-state index contributed by atoms with van der Waals surface area (Å²) in [6.07, 6.45) is 3.35. The second-order valence-corrected chi connectivity index (χ2v) is 10.4. The van der Waals surface area contributed by atoms with Gasteiger partial charge in [-0.1, -0.05) is 36.4 Å². The van der Waals surface area contributed by atoms with Crippen molar-refractivity contribution in [2.75, 3.05) is 32.7 Å². The molecule has 2 aliphatic heterocycles. The molecule has 1 atom stereocenters. The minimum Gasteiger partial charge on any atom is -0.338 e. The Morgan fingerprint density at radius 1 is 0.941 bits per heavy atom. The third kappa shape index (κ3) is 6.34. The standard InChI is InChI=1S/C25H31FN2O.C4H4S/c1-18-4-3-5-24(19(18)2)25(29)28-15-10-20(17-28)16-27-13-11-22(12-14-27)21-6-8-23(26)9-7-21;1-2-4-5-3-1/h3-9,20,22H,10-17H2,1-2H3;1-4H. The molecule has 0 N–H and O–H groups in total. The molecule has 0 spiro atoms. The first-order valence-electron chi connectivity index (χ1n) is 12.3. The number of benzene rings is 2. The molecule has 5 rings (SSSR count). The van der Waals surface area contributed by atoms with E-state index in [0.717, 1.165) is 63.1 Å². The molecule has 3 aromatic rings. The minimum absolute atomic E-state index is 0.160. The number of aryl methyl sites for hydroxylation is 1. The Hall–Kier alpha value is -2.50. The van der Waals surface area contributed by atoms with Crippen LogP contribution in [0.15, 0.2) is 65.4 Å². The maximum atomic E-state index is 13.1. The fraction of sp³-hybridized carbons (Fsp3) is 0.414. The van der Waals surface area contributed by atoms with Crippen LogP contribution in [0.1, 0.15) is 52.2 Å². The van der Waals surface area contributed by atoms with Crippen LogP contribution in [0.2, 0.25) is 0 Å². The van der Waals surface area contributed by atoms with Gasteiger partial charge in [-0.15, -0.1) is 0 Å². The number of piperidine rings is 1. The summed E-state index contributed by atoms with van der Waals surface area (Å²) in [5, 5.41) is 4.08. The summed E-state index contributed by atoms with van der Waals surface area (Å²) in [5.74, 6) is 1.13. The lowest BCUT2D eigenvalue weighted by molar-refractivity contribution is 0.0781. The van der Waals surface area contributed by atoms with Crippen molar-refractivity contribution in [1.82, 2.24) is 9.80 Å². The molecule has 5 heteroatoms. The molecule has 0 radical (unpaired) electrons. The zero-order valence-electron chi connectivity index (χ0n) is 20.3. The van der Waals surface area contributed by atoms with Gasteiger partial charge in [0.2, 0.25) is 0 Å². The molecule has 180 valence electrons. The van der Waals surface area contributed by atoms with Gasteiger partial charge in [-0.05, 0) is 104 Å². The maximum absolute atomic E-state index is 13.1. The van der Waals surface area contributed by atoms with Crippen LogP contribution >= 0.6 is 11.3 Å². The highest BCUT2D eigenvalue weighted by molar-refractivity contribution is 7.07. The molecule has 1 amide bonds. The first kappa shape index (κ1) is 24.6. The van der Waals surface area contributed by atoms with Gasteiger partial charge >= 0.3 is 0 Å². The van der Waals surface area contributed by atoms with Crippen molar-refractivity contribution in [2.45, 2.75) is 39.0 Å². The summed E-state index contributed by atoms with van der Waals surface area (Å²) in [5.41, 5.74) is 4.39. The predicted octanol–water partition coefficient (Wildman–Crippen LogP) is 6.53. The Morgan fingerprint density at radius 2 is 1.65 bits per heavy atom. The van der Waals surface area contributed by atoms with Crippen LogP contribution in [-0.4, -0.2) is 48.4 Å². The summed E-state index contributed by atoms with van der Waals surface area (Å²) in [7, 11) is 0. The summed E-state index contributed by atoms with van der Waals surface area (Å²) < 4.78 is 13.1. The van der Waals surface area contributed by atoms with E-state index in [-0.39, 0.29) is 11.7 Å². The number of halogens is 1. The van der Waals surface area contributed by atoms with Crippen molar-refractivity contribution >= 4 is 17.2 Å². The van der Waals surface area contributed by atoms with Gasteiger partial charge in [-0.2, -0.15) is 11.3 Å². The second-order valence-electron chi connectivity index (χ2n) is 9.57. The van der Waals surface area contributed by atoms with Crippen LogP contribution in [-0.2, 0) is 0 Å². The molecule has 2 fully saturated rings. The van der Waals surface area contributed by atoms with Crippen molar-refractivity contribution in [3.8, 4) is 0 Å². The van der Waals surface area contributed by atoms with Gasteiger partial charge in [0.15, 0.2) is 0 Å². The molecule has 1 unspecified atom stereocenters. The normalized spacial score (nSPS) is 19.0. The van der Waals surface area contributed by atoms with Crippen molar-refractivity contribution in [3.63, 3.8) is 0 Å². The first-order valence-corrected chi connectivity index (χ1v) is 13.3. The van der Waals surface area contributed by atoms with E-state index in [1.165, 1.54) is 11.1 Å². The van der Waals surface area contributed by atoms with Gasteiger partial charge < -0.3 is 9.80 Å². The second kappa shape index (κ2) is 11.8. The summed E-state index contributed by atoms with van der Waals surface area (Å²) in [6, 6.07) is 17.0. The lowest BCUT2D eigenvalue weighted by Crippen LogP contribution is -2.38. The zero-order valence-corrected chi connectivity index (χ0v) is 21.1. The third-order valence-electron chi connectivity index (χ3n) is 7.28. The van der Waals surface area contributed by atoms with Gasteiger partial charge in [0.25, 0.3) is 5.91 Å². The fourth-order valence-electron chi connectivity index (χ4n) is 5.10. The SMILES string of the molecule is Cc1cccc(C(=O)N2CCC(CN3CCC(c4ccc(F)cc4)CC3)C2)c1C.c1ccsc1. The number of rotatable bonds is 4. The monoisotopic (exact) mass is 478 g/mol. The molecule has 2 aromatic carbocycles. The van der Waals surface area contributed by atoms with Crippen LogP contribution in [0.5, 0.6) is 0 Å². The summed E-state index contributed by atoms with van der Waals surface area (Å²) in [4.78, 5) is 17.6. The minimum atomic E-state index is -0.160. The lowest BCUT2D eigenvalue weighted by atomic mass is 9.89. The van der Waals surface area contributed by atoms with Crippen molar-refractivity contribution < 1.29 is 9.18 Å². The number of nitrogens with zero attached hydrogens (tertiary/aromatic N) is 2. The van der Waals surface area contributed by atoms with Gasteiger partial charge in [0.1, 0.15) is 5.82 Å². The average molecular weight is 479 g/mol. The Kier molecular flexibility index (Phi) is 8.52. The van der Waals surface area contributed by atoms with Crippen LogP contribution in [0.3, 0.4) is 0 Å². The number of carbonyl (C=O) groups is 1. The smallest absolute Gasteiger partial charge is 0.254 e. The molecule has 3 nitrogen and oxygen atoms in total. The third-order valence-corrected chi connectivity index (χ3v) is 7.91. The maximum Gasteiger partial charge on any atom is 0.254 e.